The molecule has 1 aromatic carbocycles. The lowest BCUT2D eigenvalue weighted by molar-refractivity contribution is 0.122. The van der Waals surface area contributed by atoms with Gasteiger partial charge in [0.05, 0.1) is 30.6 Å². The molecule has 0 unspecified atom stereocenters. The predicted octanol–water partition coefficient (Wildman–Crippen LogP) is 2.02. The van der Waals surface area contributed by atoms with Crippen LogP contribution in [0.25, 0.3) is 22.2 Å². The van der Waals surface area contributed by atoms with Gasteiger partial charge in [0, 0.05) is 26.2 Å². The molecule has 27 heavy (non-hydrogen) atoms. The van der Waals surface area contributed by atoms with Gasteiger partial charge in [0.1, 0.15) is 12.2 Å². The van der Waals surface area contributed by atoms with E-state index in [1.165, 1.54) is 0 Å². The maximum atomic E-state index is 5.45. The first-order valence-electron chi connectivity index (χ1n) is 9.21. The fourth-order valence-corrected chi connectivity index (χ4v) is 3.72. The number of hydrogen-bond acceptors (Lipinski definition) is 6. The van der Waals surface area contributed by atoms with Crippen LogP contribution >= 0.6 is 0 Å². The van der Waals surface area contributed by atoms with Crippen molar-refractivity contribution >= 4 is 28.0 Å². The van der Waals surface area contributed by atoms with E-state index < -0.39 is 0 Å². The minimum absolute atomic E-state index is 0.721. The lowest BCUT2D eigenvalue weighted by Crippen LogP contribution is -2.36. The molecule has 1 saturated heterocycles. The molecular formula is C19H21N7O. The van der Waals surface area contributed by atoms with Gasteiger partial charge in [-0.2, -0.15) is 0 Å². The maximum Gasteiger partial charge on any atom is 0.165 e. The molecule has 0 radical (unpaired) electrons. The van der Waals surface area contributed by atoms with Gasteiger partial charge in [-0.1, -0.05) is 12.1 Å². The molecule has 138 valence electrons. The number of ether oxygens (including phenoxy) is 1. The second kappa shape index (κ2) is 6.62. The predicted molar refractivity (Wildman–Crippen MR) is 103 cm³/mol. The largest absolute Gasteiger partial charge is 0.378 e. The van der Waals surface area contributed by atoms with E-state index in [1.807, 2.05) is 25.4 Å². The Kier molecular flexibility index (Phi) is 3.97. The maximum absolute atomic E-state index is 5.45. The molecule has 0 spiro atoms. The highest BCUT2D eigenvalue weighted by Crippen LogP contribution is 2.22. The van der Waals surface area contributed by atoms with E-state index in [9.17, 15) is 0 Å². The summed E-state index contributed by atoms with van der Waals surface area (Å²) in [7, 11) is 0. The lowest BCUT2D eigenvalue weighted by atomic mass is 10.3. The molecule has 8 nitrogen and oxygen atoms in total. The molecule has 8 heteroatoms. The van der Waals surface area contributed by atoms with Gasteiger partial charge in [-0.25, -0.2) is 19.9 Å². The van der Waals surface area contributed by atoms with Crippen molar-refractivity contribution < 1.29 is 4.74 Å². The van der Waals surface area contributed by atoms with Crippen LogP contribution < -0.4 is 4.90 Å². The Bertz CT molecular complexity index is 1090. The number of aryl methyl sites for hydroxylation is 3. The molecule has 5 rings (SSSR count). The molecule has 1 fully saturated rings. The average molecular weight is 363 g/mol. The highest BCUT2D eigenvalue weighted by atomic mass is 16.5. The molecule has 0 N–H and O–H groups in total. The average Bonchev–Trinajstić information content (AvgIpc) is 3.27. The van der Waals surface area contributed by atoms with Crippen LogP contribution in [0.3, 0.4) is 0 Å². The van der Waals surface area contributed by atoms with Crippen molar-refractivity contribution in [3.8, 4) is 0 Å². The fraction of sp³-hybridized carbons (Fsp3) is 0.368. The second-order valence-corrected chi connectivity index (χ2v) is 6.71. The number of morpholine rings is 1. The zero-order valence-corrected chi connectivity index (χ0v) is 15.2. The summed E-state index contributed by atoms with van der Waals surface area (Å²) in [6.45, 7) is 6.74. The van der Waals surface area contributed by atoms with Crippen LogP contribution in [0.15, 0.2) is 36.9 Å². The molecule has 0 bridgehead atoms. The van der Waals surface area contributed by atoms with E-state index in [-0.39, 0.29) is 0 Å². The molecule has 1 aliphatic rings. The van der Waals surface area contributed by atoms with Crippen molar-refractivity contribution in [2.24, 2.45) is 0 Å². The Labute approximate surface area is 156 Å². The molecule has 4 aromatic rings. The van der Waals surface area contributed by atoms with Crippen molar-refractivity contribution in [3.05, 3.63) is 42.7 Å². The Hall–Kier alpha value is -3.00. The summed E-state index contributed by atoms with van der Waals surface area (Å²) in [5.74, 6) is 1.91. The fourth-order valence-electron chi connectivity index (χ4n) is 3.72. The van der Waals surface area contributed by atoms with Gasteiger partial charge in [0.25, 0.3) is 0 Å². The van der Waals surface area contributed by atoms with Crippen molar-refractivity contribution in [3.63, 3.8) is 0 Å². The van der Waals surface area contributed by atoms with E-state index in [0.29, 0.717) is 0 Å². The summed E-state index contributed by atoms with van der Waals surface area (Å²) >= 11 is 0. The summed E-state index contributed by atoms with van der Waals surface area (Å²) < 4.78 is 9.78. The van der Waals surface area contributed by atoms with Gasteiger partial charge in [-0.05, 0) is 19.1 Å². The first-order valence-corrected chi connectivity index (χ1v) is 9.21. The van der Waals surface area contributed by atoms with Crippen molar-refractivity contribution in [2.45, 2.75) is 20.0 Å². The third-order valence-electron chi connectivity index (χ3n) is 5.10. The van der Waals surface area contributed by atoms with Crippen molar-refractivity contribution in [1.82, 2.24) is 29.1 Å². The van der Waals surface area contributed by atoms with Crippen LogP contribution in [0.4, 0.5) is 5.82 Å². The summed E-state index contributed by atoms with van der Waals surface area (Å²) in [6.07, 6.45) is 3.49. The Morgan fingerprint density at radius 1 is 1.04 bits per heavy atom. The number of anilines is 1. The van der Waals surface area contributed by atoms with Crippen LogP contribution in [0, 0.1) is 6.92 Å². The third-order valence-corrected chi connectivity index (χ3v) is 5.10. The number of rotatable bonds is 4. The van der Waals surface area contributed by atoms with Crippen LogP contribution in [0.1, 0.15) is 5.82 Å². The number of benzene rings is 1. The Morgan fingerprint density at radius 2 is 1.89 bits per heavy atom. The van der Waals surface area contributed by atoms with E-state index in [1.54, 1.807) is 6.33 Å². The van der Waals surface area contributed by atoms with Gasteiger partial charge >= 0.3 is 0 Å². The minimum atomic E-state index is 0.721. The third kappa shape index (κ3) is 2.82. The Balaban J connectivity index is 1.45. The van der Waals surface area contributed by atoms with Crippen molar-refractivity contribution in [2.75, 3.05) is 31.2 Å². The number of imidazole rings is 2. The second-order valence-electron chi connectivity index (χ2n) is 6.71. The van der Waals surface area contributed by atoms with Gasteiger partial charge in [-0.15, -0.1) is 0 Å². The van der Waals surface area contributed by atoms with Crippen LogP contribution in [0.5, 0.6) is 0 Å². The molecule has 0 aliphatic carbocycles. The van der Waals surface area contributed by atoms with Gasteiger partial charge in [-0.3, -0.25) is 0 Å². The van der Waals surface area contributed by atoms with Crippen LogP contribution in [-0.2, 0) is 17.8 Å². The van der Waals surface area contributed by atoms with E-state index >= 15 is 0 Å². The number of para-hydroxylation sites is 2. The molecule has 0 atom stereocenters. The number of fused-ring (bicyclic) bond motifs is 2. The van der Waals surface area contributed by atoms with Gasteiger partial charge < -0.3 is 18.8 Å². The zero-order chi connectivity index (χ0) is 18.2. The molecular weight excluding hydrogens is 342 g/mol. The topological polar surface area (TPSA) is 73.9 Å². The molecule has 0 saturated carbocycles. The first-order chi connectivity index (χ1) is 13.3. The first kappa shape index (κ1) is 16.2. The smallest absolute Gasteiger partial charge is 0.165 e. The highest BCUT2D eigenvalue weighted by molar-refractivity contribution is 5.83. The standard InChI is InChI=1S/C19H21N7O/c1-14-23-15-4-2-3-5-16(15)26(14)7-6-25-13-22-17-18(20-12-21-19(17)25)24-8-10-27-11-9-24/h2-5,12-13H,6-11H2,1H3. The van der Waals surface area contributed by atoms with E-state index in [4.69, 9.17) is 4.74 Å². The molecule has 1 aliphatic heterocycles. The van der Waals surface area contributed by atoms with Gasteiger partial charge in [0.2, 0.25) is 0 Å². The van der Waals surface area contributed by atoms with Crippen LogP contribution in [0.2, 0.25) is 0 Å². The normalized spacial score (nSPS) is 15.1. The Morgan fingerprint density at radius 3 is 2.78 bits per heavy atom. The summed E-state index contributed by atoms with van der Waals surface area (Å²) in [4.78, 5) is 20.4. The van der Waals surface area contributed by atoms with Crippen molar-refractivity contribution in [1.29, 1.82) is 0 Å². The molecule has 4 heterocycles. The SMILES string of the molecule is Cc1nc2ccccc2n1CCn1cnc2c(N3CCOCC3)ncnc21. The number of nitrogens with zero attached hydrogens (tertiary/aromatic N) is 7. The number of aromatic nitrogens is 6. The monoisotopic (exact) mass is 363 g/mol. The highest BCUT2D eigenvalue weighted by Gasteiger charge is 2.18. The minimum Gasteiger partial charge on any atom is -0.378 e. The van der Waals surface area contributed by atoms with E-state index in [2.05, 4.69) is 46.1 Å². The zero-order valence-electron chi connectivity index (χ0n) is 15.2. The summed E-state index contributed by atoms with van der Waals surface area (Å²) in [6, 6.07) is 8.23. The number of hydrogen-bond donors (Lipinski definition) is 0. The molecule has 0 amide bonds. The quantitative estimate of drug-likeness (QED) is 0.552. The lowest BCUT2D eigenvalue weighted by Gasteiger charge is -2.27. The summed E-state index contributed by atoms with van der Waals surface area (Å²) in [5.41, 5.74) is 3.91. The van der Waals surface area contributed by atoms with Crippen LogP contribution in [-0.4, -0.2) is 55.4 Å². The molecule has 3 aromatic heterocycles. The van der Waals surface area contributed by atoms with Gasteiger partial charge in [0.15, 0.2) is 17.0 Å². The summed E-state index contributed by atoms with van der Waals surface area (Å²) in [5, 5.41) is 0. The van der Waals surface area contributed by atoms with E-state index in [0.717, 1.165) is 73.2 Å².